The zero-order valence-electron chi connectivity index (χ0n) is 12.9. The average Bonchev–Trinajstić information content (AvgIpc) is 2.62. The Kier molecular flexibility index (Phi) is 6.82. The second kappa shape index (κ2) is 8.12. The van der Waals surface area contributed by atoms with Crippen LogP contribution >= 0.6 is 0 Å². The molecule has 0 saturated carbocycles. The Morgan fingerprint density at radius 1 is 1.30 bits per heavy atom. The molecule has 5 heteroatoms. The van der Waals surface area contributed by atoms with Crippen LogP contribution in [0.2, 0.25) is 0 Å². The molecule has 116 valence electrons. The molecule has 1 aliphatic rings. The van der Waals surface area contributed by atoms with Gasteiger partial charge in [0.2, 0.25) is 0 Å². The fourth-order valence-electron chi connectivity index (χ4n) is 2.75. The largest absolute Gasteiger partial charge is 0.481 e. The van der Waals surface area contributed by atoms with Gasteiger partial charge in [-0.15, -0.1) is 0 Å². The van der Waals surface area contributed by atoms with Crippen LogP contribution < -0.4 is 5.32 Å². The van der Waals surface area contributed by atoms with Gasteiger partial charge in [-0.3, -0.25) is 4.79 Å². The van der Waals surface area contributed by atoms with Crippen molar-refractivity contribution in [2.24, 2.45) is 5.92 Å². The number of hydrogen-bond acceptors (Lipinski definition) is 2. The van der Waals surface area contributed by atoms with E-state index in [-0.39, 0.29) is 30.5 Å². The van der Waals surface area contributed by atoms with Crippen LogP contribution in [0.25, 0.3) is 0 Å². The molecule has 0 bridgehead atoms. The molecule has 0 aromatic carbocycles. The van der Waals surface area contributed by atoms with Crippen LogP contribution in [0.15, 0.2) is 0 Å². The molecule has 20 heavy (non-hydrogen) atoms. The molecule has 2 atom stereocenters. The summed E-state index contributed by atoms with van der Waals surface area (Å²) in [7, 11) is 0. The van der Waals surface area contributed by atoms with Gasteiger partial charge in [-0.25, -0.2) is 4.79 Å². The lowest BCUT2D eigenvalue weighted by Crippen LogP contribution is -2.50. The van der Waals surface area contributed by atoms with Crippen molar-refractivity contribution in [3.8, 4) is 0 Å². The molecule has 1 aliphatic heterocycles. The fourth-order valence-corrected chi connectivity index (χ4v) is 2.75. The molecular weight excluding hydrogens is 256 g/mol. The molecule has 0 aromatic heterocycles. The lowest BCUT2D eigenvalue weighted by Gasteiger charge is -2.32. The summed E-state index contributed by atoms with van der Waals surface area (Å²) in [6, 6.07) is -0.116. The van der Waals surface area contributed by atoms with Crippen LogP contribution in [0.4, 0.5) is 4.79 Å². The van der Waals surface area contributed by atoms with E-state index in [2.05, 4.69) is 12.2 Å². The maximum Gasteiger partial charge on any atom is 0.317 e. The predicted molar refractivity (Wildman–Crippen MR) is 78.7 cm³/mol. The van der Waals surface area contributed by atoms with Crippen molar-refractivity contribution in [1.82, 2.24) is 10.2 Å². The molecule has 1 rings (SSSR count). The van der Waals surface area contributed by atoms with Crippen molar-refractivity contribution < 1.29 is 14.7 Å². The number of carboxylic acid groups (broad SMARTS) is 1. The first-order valence-corrected chi connectivity index (χ1v) is 7.74. The van der Waals surface area contributed by atoms with E-state index in [1.54, 1.807) is 0 Å². The summed E-state index contributed by atoms with van der Waals surface area (Å²) in [5, 5.41) is 11.9. The zero-order valence-corrected chi connectivity index (χ0v) is 12.9. The van der Waals surface area contributed by atoms with Crippen LogP contribution in [0.3, 0.4) is 0 Å². The molecular formula is C15H28N2O3. The lowest BCUT2D eigenvalue weighted by atomic mass is 10.0. The number of rotatable bonds is 5. The first kappa shape index (κ1) is 16.8. The number of nitrogens with zero attached hydrogens (tertiary/aromatic N) is 1. The van der Waals surface area contributed by atoms with E-state index in [0.29, 0.717) is 0 Å². The average molecular weight is 284 g/mol. The Bertz CT molecular complexity index is 331. The third kappa shape index (κ3) is 5.02. The summed E-state index contributed by atoms with van der Waals surface area (Å²) in [4.78, 5) is 25.2. The van der Waals surface area contributed by atoms with Gasteiger partial charge in [0.1, 0.15) is 0 Å². The fraction of sp³-hybridized carbons (Fsp3) is 0.867. The van der Waals surface area contributed by atoms with Crippen molar-refractivity contribution in [2.45, 2.75) is 71.4 Å². The standard InChI is InChI=1S/C15H28N2O3/c1-4-12-8-6-5-7-9-17(12)15(20)16-13(11(2)3)10-14(18)19/h11-13H,4-10H2,1-3H3,(H,16,20)(H,18,19). The van der Waals surface area contributed by atoms with Gasteiger partial charge < -0.3 is 15.3 Å². The Morgan fingerprint density at radius 3 is 2.55 bits per heavy atom. The van der Waals surface area contributed by atoms with Crippen molar-refractivity contribution in [3.05, 3.63) is 0 Å². The molecule has 2 amide bonds. The summed E-state index contributed by atoms with van der Waals surface area (Å²) in [6.07, 6.45) is 5.37. The Morgan fingerprint density at radius 2 is 2.00 bits per heavy atom. The second-order valence-corrected chi connectivity index (χ2v) is 6.00. The third-order valence-electron chi connectivity index (χ3n) is 4.12. The van der Waals surface area contributed by atoms with E-state index in [1.165, 1.54) is 12.8 Å². The highest BCUT2D eigenvalue weighted by Crippen LogP contribution is 2.19. The zero-order chi connectivity index (χ0) is 15.1. The van der Waals surface area contributed by atoms with Gasteiger partial charge in [-0.05, 0) is 25.2 Å². The predicted octanol–water partition coefficient (Wildman–Crippen LogP) is 2.85. The Labute approximate surface area is 121 Å². The van der Waals surface area contributed by atoms with Crippen molar-refractivity contribution >= 4 is 12.0 Å². The number of hydrogen-bond donors (Lipinski definition) is 2. The molecule has 2 N–H and O–H groups in total. The second-order valence-electron chi connectivity index (χ2n) is 6.00. The van der Waals surface area contributed by atoms with Crippen LogP contribution in [0.5, 0.6) is 0 Å². The summed E-state index contributed by atoms with van der Waals surface area (Å²) in [5.74, 6) is -0.756. The summed E-state index contributed by atoms with van der Waals surface area (Å²) in [6.45, 7) is 6.76. The monoisotopic (exact) mass is 284 g/mol. The molecule has 0 aliphatic carbocycles. The van der Waals surface area contributed by atoms with E-state index in [0.717, 1.165) is 25.8 Å². The van der Waals surface area contributed by atoms with E-state index in [1.807, 2.05) is 18.7 Å². The number of carbonyl (C=O) groups is 2. The van der Waals surface area contributed by atoms with Crippen LogP contribution in [0.1, 0.15) is 59.3 Å². The van der Waals surface area contributed by atoms with Gasteiger partial charge in [0, 0.05) is 18.6 Å². The highest BCUT2D eigenvalue weighted by Gasteiger charge is 2.27. The smallest absolute Gasteiger partial charge is 0.317 e. The van der Waals surface area contributed by atoms with Crippen molar-refractivity contribution in [2.75, 3.05) is 6.54 Å². The Balaban J connectivity index is 2.67. The number of aliphatic carboxylic acids is 1. The number of carbonyl (C=O) groups excluding carboxylic acids is 1. The summed E-state index contributed by atoms with van der Waals surface area (Å²) in [5.41, 5.74) is 0. The number of urea groups is 1. The SMILES string of the molecule is CCC1CCCCCN1C(=O)NC(CC(=O)O)C(C)C. The normalized spacial score (nSPS) is 21.4. The maximum atomic E-state index is 12.4. The third-order valence-corrected chi connectivity index (χ3v) is 4.12. The highest BCUT2D eigenvalue weighted by atomic mass is 16.4. The van der Waals surface area contributed by atoms with Gasteiger partial charge >= 0.3 is 12.0 Å². The molecule has 0 radical (unpaired) electrons. The van der Waals surface area contributed by atoms with Crippen molar-refractivity contribution in [3.63, 3.8) is 0 Å². The maximum absolute atomic E-state index is 12.4. The minimum Gasteiger partial charge on any atom is -0.481 e. The van der Waals surface area contributed by atoms with Gasteiger partial charge in [-0.2, -0.15) is 0 Å². The number of likely N-dealkylation sites (tertiary alicyclic amines) is 1. The molecule has 1 heterocycles. The number of nitrogens with one attached hydrogen (secondary N) is 1. The molecule has 1 saturated heterocycles. The topological polar surface area (TPSA) is 69.6 Å². The van der Waals surface area contributed by atoms with Crippen LogP contribution in [-0.2, 0) is 4.79 Å². The quantitative estimate of drug-likeness (QED) is 0.815. The van der Waals surface area contributed by atoms with Crippen LogP contribution in [0, 0.1) is 5.92 Å². The first-order valence-electron chi connectivity index (χ1n) is 7.74. The summed E-state index contributed by atoms with van der Waals surface area (Å²) < 4.78 is 0. The van der Waals surface area contributed by atoms with Crippen molar-refractivity contribution in [1.29, 1.82) is 0 Å². The van der Waals surface area contributed by atoms with E-state index in [4.69, 9.17) is 5.11 Å². The summed E-state index contributed by atoms with van der Waals surface area (Å²) >= 11 is 0. The van der Waals surface area contributed by atoms with Gasteiger partial charge in [0.05, 0.1) is 6.42 Å². The molecule has 2 unspecified atom stereocenters. The number of carboxylic acids is 1. The highest BCUT2D eigenvalue weighted by molar-refractivity contribution is 5.76. The van der Waals surface area contributed by atoms with Gasteiger partial charge in [-0.1, -0.05) is 33.6 Å². The molecule has 5 nitrogen and oxygen atoms in total. The van der Waals surface area contributed by atoms with Crippen LogP contribution in [-0.4, -0.2) is 40.6 Å². The van der Waals surface area contributed by atoms with E-state index in [9.17, 15) is 9.59 Å². The lowest BCUT2D eigenvalue weighted by molar-refractivity contribution is -0.137. The Hall–Kier alpha value is -1.26. The molecule has 1 fully saturated rings. The van der Waals surface area contributed by atoms with Gasteiger partial charge in [0.25, 0.3) is 0 Å². The number of amides is 2. The molecule has 0 aromatic rings. The van der Waals surface area contributed by atoms with E-state index < -0.39 is 5.97 Å². The molecule has 0 spiro atoms. The first-order chi connectivity index (χ1) is 9.45. The van der Waals surface area contributed by atoms with Gasteiger partial charge in [0.15, 0.2) is 0 Å². The minimum atomic E-state index is -0.869. The minimum absolute atomic E-state index is 0.0198. The van der Waals surface area contributed by atoms with E-state index >= 15 is 0 Å².